The smallest absolute Gasteiger partial charge is 0.303 e. The second-order valence-corrected chi connectivity index (χ2v) is 3.77. The zero-order valence-electron chi connectivity index (χ0n) is 11.0. The summed E-state index contributed by atoms with van der Waals surface area (Å²) in [5, 5.41) is 17.4. The van der Waals surface area contributed by atoms with E-state index >= 15 is 0 Å². The van der Waals surface area contributed by atoms with Gasteiger partial charge < -0.3 is 14.4 Å². The number of hydrogen-bond acceptors (Lipinski definition) is 3. The van der Waals surface area contributed by atoms with Crippen LogP contribution < -0.4 is 4.74 Å². The molecular formula is C14H16N2O3. The van der Waals surface area contributed by atoms with E-state index in [1.165, 1.54) is 0 Å². The van der Waals surface area contributed by atoms with Gasteiger partial charge in [0, 0.05) is 23.5 Å². The molecule has 19 heavy (non-hydrogen) atoms. The van der Waals surface area contributed by atoms with E-state index in [1.54, 1.807) is 14.0 Å². The minimum atomic E-state index is -0.745. The minimum Gasteiger partial charge on any atom is -0.497 e. The summed E-state index contributed by atoms with van der Waals surface area (Å²) in [6.45, 7) is 1.98. The number of hydrogen-bond donors (Lipinski definition) is 1. The number of aliphatic carboxylic acids is 1. The summed E-state index contributed by atoms with van der Waals surface area (Å²) in [4.78, 5) is 9.37. The molecule has 0 aliphatic carbocycles. The first kappa shape index (κ1) is 14.6. The molecule has 0 bridgehead atoms. The molecule has 1 heterocycles. The molecule has 1 aromatic carbocycles. The molecule has 2 aromatic rings. The van der Waals surface area contributed by atoms with Crippen molar-refractivity contribution >= 4 is 16.9 Å². The molecule has 0 spiro atoms. The third-order valence-electron chi connectivity index (χ3n) is 2.52. The second-order valence-electron chi connectivity index (χ2n) is 3.77. The van der Waals surface area contributed by atoms with E-state index in [-0.39, 0.29) is 6.42 Å². The van der Waals surface area contributed by atoms with Crippen molar-refractivity contribution in [3.8, 4) is 11.8 Å². The minimum absolute atomic E-state index is 0.222. The molecule has 0 atom stereocenters. The van der Waals surface area contributed by atoms with E-state index in [0.717, 1.165) is 16.7 Å². The van der Waals surface area contributed by atoms with Crippen molar-refractivity contribution in [2.75, 3.05) is 7.11 Å². The number of carboxylic acids is 1. The Morgan fingerprint density at radius 2 is 2.16 bits per heavy atom. The van der Waals surface area contributed by atoms with Gasteiger partial charge in [-0.3, -0.25) is 4.79 Å². The summed E-state index contributed by atoms with van der Waals surface area (Å²) in [5.74, 6) is 0.0946. The van der Waals surface area contributed by atoms with Crippen LogP contribution in [0.3, 0.4) is 0 Å². The van der Waals surface area contributed by atoms with Gasteiger partial charge in [-0.15, -0.1) is 0 Å². The van der Waals surface area contributed by atoms with Gasteiger partial charge in [-0.05, 0) is 24.3 Å². The fraction of sp³-hybridized carbons (Fsp3) is 0.286. The molecule has 5 nitrogen and oxygen atoms in total. The van der Waals surface area contributed by atoms with Crippen LogP contribution in [-0.4, -0.2) is 22.8 Å². The van der Waals surface area contributed by atoms with Crippen molar-refractivity contribution in [3.05, 3.63) is 30.5 Å². The maximum Gasteiger partial charge on any atom is 0.303 e. The summed E-state index contributed by atoms with van der Waals surface area (Å²) in [7, 11) is 1.65. The number of rotatable bonds is 3. The lowest BCUT2D eigenvalue weighted by Gasteiger charge is -2.01. The third kappa shape index (κ3) is 4.03. The van der Waals surface area contributed by atoms with Crippen molar-refractivity contribution in [2.24, 2.45) is 0 Å². The lowest BCUT2D eigenvalue weighted by Crippen LogP contribution is -1.92. The van der Waals surface area contributed by atoms with Crippen LogP contribution >= 0.6 is 0 Å². The van der Waals surface area contributed by atoms with Gasteiger partial charge in [-0.2, -0.15) is 5.26 Å². The Balaban J connectivity index is 0.000000312. The van der Waals surface area contributed by atoms with Crippen LogP contribution in [0.15, 0.2) is 30.5 Å². The van der Waals surface area contributed by atoms with E-state index in [2.05, 4.69) is 6.07 Å². The Morgan fingerprint density at radius 1 is 1.47 bits per heavy atom. The van der Waals surface area contributed by atoms with Gasteiger partial charge in [0.25, 0.3) is 0 Å². The van der Waals surface area contributed by atoms with Gasteiger partial charge in [-0.1, -0.05) is 6.92 Å². The summed E-state index contributed by atoms with van der Waals surface area (Å²) in [6.07, 6.45) is 2.13. The van der Waals surface area contributed by atoms with Crippen molar-refractivity contribution in [2.45, 2.75) is 19.9 Å². The molecular weight excluding hydrogens is 244 g/mol. The summed E-state index contributed by atoms with van der Waals surface area (Å²) in [5.41, 5.74) is 1.06. The predicted octanol–water partition coefficient (Wildman–Crippen LogP) is 2.65. The normalized spacial score (nSPS) is 9.32. The van der Waals surface area contributed by atoms with Crippen molar-refractivity contribution in [1.82, 2.24) is 4.57 Å². The molecule has 0 aliphatic heterocycles. The summed E-state index contributed by atoms with van der Waals surface area (Å²) in [6, 6.07) is 9.93. The number of nitriles is 1. The summed E-state index contributed by atoms with van der Waals surface area (Å²) < 4.78 is 7.03. The first-order valence-electron chi connectivity index (χ1n) is 5.84. The Bertz CT molecular complexity index is 596. The molecule has 0 amide bonds. The van der Waals surface area contributed by atoms with Crippen LogP contribution in [0.2, 0.25) is 0 Å². The predicted molar refractivity (Wildman–Crippen MR) is 72.0 cm³/mol. The first-order valence-corrected chi connectivity index (χ1v) is 5.84. The van der Waals surface area contributed by atoms with Gasteiger partial charge in [0.15, 0.2) is 0 Å². The number of ether oxygens (including phenoxy) is 1. The van der Waals surface area contributed by atoms with Gasteiger partial charge in [-0.25, -0.2) is 0 Å². The SMILES string of the molecule is CCC(=O)O.COc1ccc2c(ccn2CC#N)c1. The monoisotopic (exact) mass is 260 g/mol. The standard InChI is InChI=1S/C11H10N2O.C3H6O2/c1-14-10-2-3-11-9(8-10)4-6-13(11)7-5-12;1-2-3(4)5/h2-4,6,8H,7H2,1H3;2H2,1H3,(H,4,5). The largest absolute Gasteiger partial charge is 0.497 e. The van der Waals surface area contributed by atoms with Crippen molar-refractivity contribution in [1.29, 1.82) is 5.26 Å². The average molecular weight is 260 g/mol. The fourth-order valence-corrected chi connectivity index (χ4v) is 1.52. The quantitative estimate of drug-likeness (QED) is 0.920. The highest BCUT2D eigenvalue weighted by Gasteiger charge is 2.01. The molecule has 0 radical (unpaired) electrons. The van der Waals surface area contributed by atoms with E-state index in [0.29, 0.717) is 6.54 Å². The number of fused-ring (bicyclic) bond motifs is 1. The Labute approximate surface area is 111 Å². The number of nitrogens with zero attached hydrogens (tertiary/aromatic N) is 2. The number of aromatic nitrogens is 1. The molecule has 0 unspecified atom stereocenters. The number of benzene rings is 1. The molecule has 1 aromatic heterocycles. The third-order valence-corrected chi connectivity index (χ3v) is 2.52. The van der Waals surface area contributed by atoms with E-state index in [4.69, 9.17) is 15.1 Å². The van der Waals surface area contributed by atoms with E-state index in [9.17, 15) is 4.79 Å². The summed E-state index contributed by atoms with van der Waals surface area (Å²) >= 11 is 0. The zero-order chi connectivity index (χ0) is 14.3. The molecule has 0 fully saturated rings. The van der Waals surface area contributed by atoms with Crippen LogP contribution in [0.5, 0.6) is 5.75 Å². The lowest BCUT2D eigenvalue weighted by molar-refractivity contribution is -0.136. The lowest BCUT2D eigenvalue weighted by atomic mass is 10.2. The second kappa shape index (κ2) is 7.07. The van der Waals surface area contributed by atoms with Crippen LogP contribution in [0.4, 0.5) is 0 Å². The highest BCUT2D eigenvalue weighted by atomic mass is 16.5. The maximum atomic E-state index is 9.37. The number of methoxy groups -OCH3 is 1. The van der Waals surface area contributed by atoms with E-state index < -0.39 is 5.97 Å². The van der Waals surface area contributed by atoms with Crippen LogP contribution in [0.25, 0.3) is 10.9 Å². The van der Waals surface area contributed by atoms with E-state index in [1.807, 2.05) is 35.0 Å². The van der Waals surface area contributed by atoms with Gasteiger partial charge in [0.1, 0.15) is 12.3 Å². The molecule has 5 heteroatoms. The molecule has 1 N–H and O–H groups in total. The van der Waals surface area contributed by atoms with Gasteiger partial charge in [0.2, 0.25) is 0 Å². The molecule has 0 aliphatic rings. The Morgan fingerprint density at radius 3 is 2.68 bits per heavy atom. The number of carboxylic acid groups (broad SMARTS) is 1. The molecule has 0 saturated heterocycles. The first-order chi connectivity index (χ1) is 9.12. The Hall–Kier alpha value is -2.48. The fourth-order valence-electron chi connectivity index (χ4n) is 1.52. The maximum absolute atomic E-state index is 9.37. The molecule has 100 valence electrons. The topological polar surface area (TPSA) is 75.2 Å². The highest BCUT2D eigenvalue weighted by Crippen LogP contribution is 2.21. The van der Waals surface area contributed by atoms with Gasteiger partial charge in [0.05, 0.1) is 13.2 Å². The number of carbonyl (C=O) groups is 1. The average Bonchev–Trinajstić information content (AvgIpc) is 2.82. The molecule has 0 saturated carbocycles. The van der Waals surface area contributed by atoms with Gasteiger partial charge >= 0.3 is 5.97 Å². The Kier molecular flexibility index (Phi) is 5.42. The van der Waals surface area contributed by atoms with Crippen LogP contribution in [-0.2, 0) is 11.3 Å². The van der Waals surface area contributed by atoms with Crippen molar-refractivity contribution in [3.63, 3.8) is 0 Å². The van der Waals surface area contributed by atoms with Crippen molar-refractivity contribution < 1.29 is 14.6 Å². The van der Waals surface area contributed by atoms with Crippen LogP contribution in [0.1, 0.15) is 13.3 Å². The molecule has 2 rings (SSSR count). The zero-order valence-corrected chi connectivity index (χ0v) is 11.0. The van der Waals surface area contributed by atoms with Crippen LogP contribution in [0, 0.1) is 11.3 Å². The highest BCUT2D eigenvalue weighted by molar-refractivity contribution is 5.81.